The second kappa shape index (κ2) is 8.56. The molecule has 3 nitrogen and oxygen atoms in total. The molecule has 0 aromatic heterocycles. The minimum absolute atomic E-state index is 0.722. The number of guanidine groups is 1. The van der Waals surface area contributed by atoms with Crippen LogP contribution in [-0.2, 0) is 6.42 Å². The van der Waals surface area contributed by atoms with Gasteiger partial charge in [-0.3, -0.25) is 4.99 Å². The molecule has 0 fully saturated rings. The molecule has 2 N–H and O–H groups in total. The Hall–Kier alpha value is -1.51. The first-order chi connectivity index (χ1) is 8.72. The van der Waals surface area contributed by atoms with Crippen LogP contribution in [-0.4, -0.2) is 26.1 Å². The third-order valence-corrected chi connectivity index (χ3v) is 2.79. The highest BCUT2D eigenvalue weighted by Gasteiger charge is 1.98. The van der Waals surface area contributed by atoms with E-state index in [1.807, 2.05) is 13.1 Å². The van der Waals surface area contributed by atoms with Crippen LogP contribution in [0.3, 0.4) is 0 Å². The maximum Gasteiger partial charge on any atom is 0.190 e. The van der Waals surface area contributed by atoms with Crippen molar-refractivity contribution in [2.75, 3.05) is 20.1 Å². The molecule has 0 aliphatic heterocycles. The molecule has 0 saturated heterocycles. The van der Waals surface area contributed by atoms with Gasteiger partial charge >= 0.3 is 0 Å². The maximum atomic E-state index is 4.21. The van der Waals surface area contributed by atoms with E-state index in [4.69, 9.17) is 0 Å². The van der Waals surface area contributed by atoms with E-state index in [-0.39, 0.29) is 0 Å². The van der Waals surface area contributed by atoms with Gasteiger partial charge in [-0.2, -0.15) is 0 Å². The van der Waals surface area contributed by atoms with E-state index < -0.39 is 0 Å². The first kappa shape index (κ1) is 14.6. The van der Waals surface area contributed by atoms with Crippen molar-refractivity contribution in [3.05, 3.63) is 35.9 Å². The molecule has 0 heterocycles. The average Bonchev–Trinajstić information content (AvgIpc) is 2.38. The van der Waals surface area contributed by atoms with Gasteiger partial charge in [-0.1, -0.05) is 44.2 Å². The van der Waals surface area contributed by atoms with E-state index >= 15 is 0 Å². The Morgan fingerprint density at radius 1 is 1.11 bits per heavy atom. The summed E-state index contributed by atoms with van der Waals surface area (Å²) in [4.78, 5) is 4.21. The standard InChI is InChI=1S/C15H25N3/c1-13(2)9-11-17-15(16-3)18-12-10-14-7-5-4-6-8-14/h4-8,13H,9-12H2,1-3H3,(H2,16,17,18). The highest BCUT2D eigenvalue weighted by molar-refractivity contribution is 5.79. The largest absolute Gasteiger partial charge is 0.356 e. The van der Waals surface area contributed by atoms with Crippen molar-refractivity contribution in [2.45, 2.75) is 26.7 Å². The summed E-state index contributed by atoms with van der Waals surface area (Å²) >= 11 is 0. The molecule has 0 amide bonds. The second-order valence-corrected chi connectivity index (χ2v) is 4.84. The van der Waals surface area contributed by atoms with Crippen molar-refractivity contribution in [3.63, 3.8) is 0 Å². The molecule has 100 valence electrons. The lowest BCUT2D eigenvalue weighted by Crippen LogP contribution is -2.39. The number of aliphatic imine (C=N–C) groups is 1. The number of benzene rings is 1. The minimum Gasteiger partial charge on any atom is -0.356 e. The van der Waals surface area contributed by atoms with Crippen molar-refractivity contribution >= 4 is 5.96 Å². The SMILES string of the molecule is CN=C(NCCc1ccccc1)NCCC(C)C. The molecule has 0 aliphatic rings. The molecule has 0 aliphatic carbocycles. The van der Waals surface area contributed by atoms with Gasteiger partial charge in [0, 0.05) is 20.1 Å². The van der Waals surface area contributed by atoms with Crippen LogP contribution in [0.1, 0.15) is 25.8 Å². The van der Waals surface area contributed by atoms with E-state index in [0.717, 1.165) is 31.4 Å². The monoisotopic (exact) mass is 247 g/mol. The van der Waals surface area contributed by atoms with Gasteiger partial charge in [-0.25, -0.2) is 0 Å². The van der Waals surface area contributed by atoms with E-state index in [9.17, 15) is 0 Å². The van der Waals surface area contributed by atoms with Crippen LogP contribution in [0.2, 0.25) is 0 Å². The fourth-order valence-electron chi connectivity index (χ4n) is 1.67. The minimum atomic E-state index is 0.722. The van der Waals surface area contributed by atoms with Gasteiger partial charge in [0.1, 0.15) is 0 Å². The molecule has 1 aromatic carbocycles. The highest BCUT2D eigenvalue weighted by Crippen LogP contribution is 1.98. The van der Waals surface area contributed by atoms with Crippen molar-refractivity contribution in [1.82, 2.24) is 10.6 Å². The van der Waals surface area contributed by atoms with Crippen LogP contribution in [0, 0.1) is 5.92 Å². The van der Waals surface area contributed by atoms with Crippen molar-refractivity contribution < 1.29 is 0 Å². The zero-order valence-corrected chi connectivity index (χ0v) is 11.7. The zero-order chi connectivity index (χ0) is 13.2. The highest BCUT2D eigenvalue weighted by atomic mass is 15.2. The van der Waals surface area contributed by atoms with E-state index in [1.54, 1.807) is 0 Å². The van der Waals surface area contributed by atoms with Crippen molar-refractivity contribution in [2.24, 2.45) is 10.9 Å². The smallest absolute Gasteiger partial charge is 0.190 e. The molecule has 18 heavy (non-hydrogen) atoms. The fraction of sp³-hybridized carbons (Fsp3) is 0.533. The molecule has 0 bridgehead atoms. The number of hydrogen-bond acceptors (Lipinski definition) is 1. The Morgan fingerprint density at radius 3 is 2.39 bits per heavy atom. The molecule has 0 unspecified atom stereocenters. The van der Waals surface area contributed by atoms with Crippen LogP contribution in [0.15, 0.2) is 35.3 Å². The van der Waals surface area contributed by atoms with Crippen LogP contribution in [0.5, 0.6) is 0 Å². The summed E-state index contributed by atoms with van der Waals surface area (Å²) in [5.74, 6) is 1.62. The van der Waals surface area contributed by atoms with Crippen molar-refractivity contribution in [3.8, 4) is 0 Å². The van der Waals surface area contributed by atoms with Gasteiger partial charge in [0.15, 0.2) is 5.96 Å². The number of rotatable bonds is 6. The third kappa shape index (κ3) is 6.28. The van der Waals surface area contributed by atoms with E-state index in [0.29, 0.717) is 0 Å². The Bertz CT molecular complexity index is 344. The van der Waals surface area contributed by atoms with Gasteiger partial charge in [-0.05, 0) is 24.3 Å². The number of nitrogens with zero attached hydrogens (tertiary/aromatic N) is 1. The predicted octanol–water partition coefficient (Wildman–Crippen LogP) is 2.44. The lowest BCUT2D eigenvalue weighted by atomic mass is 10.1. The molecule has 1 aromatic rings. The van der Waals surface area contributed by atoms with Crippen LogP contribution < -0.4 is 10.6 Å². The predicted molar refractivity (Wildman–Crippen MR) is 79.0 cm³/mol. The Labute approximate surface area is 111 Å². The van der Waals surface area contributed by atoms with Gasteiger partial charge in [0.05, 0.1) is 0 Å². The Morgan fingerprint density at radius 2 is 1.78 bits per heavy atom. The van der Waals surface area contributed by atoms with Crippen LogP contribution >= 0.6 is 0 Å². The lowest BCUT2D eigenvalue weighted by molar-refractivity contribution is 0.573. The first-order valence-electron chi connectivity index (χ1n) is 6.71. The summed E-state index contributed by atoms with van der Waals surface area (Å²) in [6.45, 7) is 6.34. The average molecular weight is 247 g/mol. The summed E-state index contributed by atoms with van der Waals surface area (Å²) in [6, 6.07) is 10.5. The van der Waals surface area contributed by atoms with Crippen molar-refractivity contribution in [1.29, 1.82) is 0 Å². The zero-order valence-electron chi connectivity index (χ0n) is 11.7. The van der Waals surface area contributed by atoms with Gasteiger partial charge < -0.3 is 10.6 Å². The summed E-state index contributed by atoms with van der Waals surface area (Å²) in [6.07, 6.45) is 2.19. The van der Waals surface area contributed by atoms with Crippen LogP contribution in [0.25, 0.3) is 0 Å². The molecular weight excluding hydrogens is 222 g/mol. The molecule has 0 radical (unpaired) electrons. The van der Waals surface area contributed by atoms with Gasteiger partial charge in [0.2, 0.25) is 0 Å². The summed E-state index contributed by atoms with van der Waals surface area (Å²) in [7, 11) is 1.81. The van der Waals surface area contributed by atoms with Gasteiger partial charge in [0.25, 0.3) is 0 Å². The molecule has 3 heteroatoms. The maximum absolute atomic E-state index is 4.21. The van der Waals surface area contributed by atoms with E-state index in [2.05, 4.69) is 53.7 Å². The Kier molecular flexibility index (Phi) is 6.92. The molecule has 0 atom stereocenters. The topological polar surface area (TPSA) is 36.4 Å². The second-order valence-electron chi connectivity index (χ2n) is 4.84. The Balaban J connectivity index is 2.20. The number of nitrogens with one attached hydrogen (secondary N) is 2. The summed E-state index contributed by atoms with van der Waals surface area (Å²) < 4.78 is 0. The lowest BCUT2D eigenvalue weighted by Gasteiger charge is -2.12. The third-order valence-electron chi connectivity index (χ3n) is 2.79. The van der Waals surface area contributed by atoms with Crippen LogP contribution in [0.4, 0.5) is 0 Å². The fourth-order valence-corrected chi connectivity index (χ4v) is 1.67. The summed E-state index contributed by atoms with van der Waals surface area (Å²) in [5, 5.41) is 6.66. The first-order valence-corrected chi connectivity index (χ1v) is 6.71. The molecule has 1 rings (SSSR count). The molecular formula is C15H25N3. The molecule has 0 spiro atoms. The normalized spacial score (nSPS) is 11.7. The molecule has 0 saturated carbocycles. The summed E-state index contributed by atoms with van der Waals surface area (Å²) in [5.41, 5.74) is 1.35. The van der Waals surface area contributed by atoms with Gasteiger partial charge in [-0.15, -0.1) is 0 Å². The number of hydrogen-bond donors (Lipinski definition) is 2. The quantitative estimate of drug-likeness (QED) is 0.598. The van der Waals surface area contributed by atoms with E-state index in [1.165, 1.54) is 12.0 Å².